The maximum atomic E-state index is 12.3. The highest BCUT2D eigenvalue weighted by atomic mass is 32.1. The van der Waals surface area contributed by atoms with Crippen molar-refractivity contribution in [1.29, 1.82) is 0 Å². The van der Waals surface area contributed by atoms with Crippen LogP contribution >= 0.6 is 11.5 Å². The summed E-state index contributed by atoms with van der Waals surface area (Å²) in [4.78, 5) is 8.95. The van der Waals surface area contributed by atoms with Crippen LogP contribution in [-0.4, -0.2) is 19.1 Å². The molecule has 0 bridgehead atoms. The van der Waals surface area contributed by atoms with Crippen molar-refractivity contribution in [1.82, 2.24) is 14.2 Å². The average Bonchev–Trinajstić information content (AvgIpc) is 2.85. The lowest BCUT2D eigenvalue weighted by Crippen LogP contribution is -2.02. The van der Waals surface area contributed by atoms with Gasteiger partial charge in [-0.2, -0.15) is 22.6 Å². The van der Waals surface area contributed by atoms with Crippen molar-refractivity contribution in [3.63, 3.8) is 0 Å². The van der Waals surface area contributed by atoms with Crippen LogP contribution in [0.4, 0.5) is 18.9 Å². The first kappa shape index (κ1) is 12.5. The SMILES string of the molecule is O=[N+]([O-])c1cnn(Cc2cc(C(F)(F)F)sn2)c1. The van der Waals surface area contributed by atoms with Crippen LogP contribution < -0.4 is 0 Å². The van der Waals surface area contributed by atoms with E-state index >= 15 is 0 Å². The molecule has 6 nitrogen and oxygen atoms in total. The van der Waals surface area contributed by atoms with Crippen molar-refractivity contribution in [2.75, 3.05) is 0 Å². The Bertz CT molecular complexity index is 577. The quantitative estimate of drug-likeness (QED) is 0.638. The molecule has 2 rings (SSSR count). The zero-order valence-corrected chi connectivity index (χ0v) is 9.40. The highest BCUT2D eigenvalue weighted by Crippen LogP contribution is 2.32. The van der Waals surface area contributed by atoms with Gasteiger partial charge in [0.25, 0.3) is 0 Å². The standard InChI is InChI=1S/C8H5F3N4O2S/c9-8(10,11)7-1-5(13-18-7)3-14-4-6(2-12-14)15(16)17/h1-2,4H,3H2. The third-order valence-electron chi connectivity index (χ3n) is 1.99. The Hall–Kier alpha value is -1.97. The van der Waals surface area contributed by atoms with Crippen LogP contribution in [0.15, 0.2) is 18.5 Å². The minimum absolute atomic E-state index is 0.0413. The molecular weight excluding hydrogens is 273 g/mol. The van der Waals surface area contributed by atoms with Gasteiger partial charge in [-0.25, -0.2) is 0 Å². The fraction of sp³-hybridized carbons (Fsp3) is 0.250. The number of rotatable bonds is 3. The second-order valence-corrected chi connectivity index (χ2v) is 4.14. The smallest absolute Gasteiger partial charge is 0.260 e. The van der Waals surface area contributed by atoms with E-state index in [0.29, 0.717) is 11.5 Å². The summed E-state index contributed by atoms with van der Waals surface area (Å²) < 4.78 is 41.7. The van der Waals surface area contributed by atoms with Gasteiger partial charge in [0.15, 0.2) is 0 Å². The van der Waals surface area contributed by atoms with Crippen LogP contribution in [0.1, 0.15) is 10.6 Å². The van der Waals surface area contributed by atoms with E-state index in [-0.39, 0.29) is 17.9 Å². The van der Waals surface area contributed by atoms with Crippen LogP contribution in [0.5, 0.6) is 0 Å². The van der Waals surface area contributed by atoms with E-state index in [1.807, 2.05) is 0 Å². The molecule has 0 fully saturated rings. The van der Waals surface area contributed by atoms with Gasteiger partial charge in [0.05, 0.1) is 17.2 Å². The minimum atomic E-state index is -4.42. The molecule has 0 N–H and O–H groups in total. The highest BCUT2D eigenvalue weighted by Gasteiger charge is 2.33. The number of hydrogen-bond donors (Lipinski definition) is 0. The van der Waals surface area contributed by atoms with E-state index in [9.17, 15) is 23.3 Å². The van der Waals surface area contributed by atoms with E-state index in [4.69, 9.17) is 0 Å². The molecule has 0 spiro atoms. The summed E-state index contributed by atoms with van der Waals surface area (Å²) in [6, 6.07) is 0.901. The van der Waals surface area contributed by atoms with E-state index in [0.717, 1.165) is 23.1 Å². The molecule has 96 valence electrons. The molecule has 2 heterocycles. The molecule has 2 aromatic heterocycles. The molecule has 10 heteroatoms. The molecule has 0 atom stereocenters. The summed E-state index contributed by atoms with van der Waals surface area (Å²) >= 11 is 0.339. The molecule has 0 aliphatic heterocycles. The Kier molecular flexibility index (Phi) is 3.03. The number of aromatic nitrogens is 3. The second-order valence-electron chi connectivity index (χ2n) is 3.33. The number of halogens is 3. The topological polar surface area (TPSA) is 73.8 Å². The largest absolute Gasteiger partial charge is 0.427 e. The molecule has 0 radical (unpaired) electrons. The summed E-state index contributed by atoms with van der Waals surface area (Å²) in [5.41, 5.74) is -0.0633. The summed E-state index contributed by atoms with van der Waals surface area (Å²) in [6.07, 6.45) is -2.27. The fourth-order valence-corrected chi connectivity index (χ4v) is 1.84. The van der Waals surface area contributed by atoms with Crippen LogP contribution in [0, 0.1) is 10.1 Å². The van der Waals surface area contributed by atoms with Crippen molar-refractivity contribution >= 4 is 17.2 Å². The molecule has 2 aromatic rings. The van der Waals surface area contributed by atoms with Gasteiger partial charge >= 0.3 is 11.9 Å². The Labute approximate surface area is 102 Å². The van der Waals surface area contributed by atoms with E-state index < -0.39 is 16.0 Å². The van der Waals surface area contributed by atoms with Crippen molar-refractivity contribution in [3.05, 3.63) is 39.1 Å². The average molecular weight is 278 g/mol. The lowest BCUT2D eigenvalue weighted by atomic mass is 10.3. The first-order valence-electron chi connectivity index (χ1n) is 4.56. The van der Waals surface area contributed by atoms with Gasteiger partial charge in [-0.1, -0.05) is 0 Å². The Morgan fingerprint density at radius 1 is 1.50 bits per heavy atom. The van der Waals surface area contributed by atoms with E-state index in [1.165, 1.54) is 0 Å². The van der Waals surface area contributed by atoms with Crippen LogP contribution in [-0.2, 0) is 12.7 Å². The van der Waals surface area contributed by atoms with Crippen LogP contribution in [0.2, 0.25) is 0 Å². The van der Waals surface area contributed by atoms with Crippen LogP contribution in [0.3, 0.4) is 0 Å². The number of alkyl halides is 3. The van der Waals surface area contributed by atoms with Crippen LogP contribution in [0.25, 0.3) is 0 Å². The Morgan fingerprint density at radius 3 is 2.72 bits per heavy atom. The fourth-order valence-electron chi connectivity index (χ4n) is 1.22. The third-order valence-corrected chi connectivity index (χ3v) is 2.86. The van der Waals surface area contributed by atoms with Gasteiger partial charge in [-0.15, -0.1) is 0 Å². The molecule has 18 heavy (non-hydrogen) atoms. The van der Waals surface area contributed by atoms with Gasteiger partial charge < -0.3 is 0 Å². The van der Waals surface area contributed by atoms with Crippen molar-refractivity contribution < 1.29 is 18.1 Å². The molecule has 0 aromatic carbocycles. The maximum absolute atomic E-state index is 12.3. The lowest BCUT2D eigenvalue weighted by Gasteiger charge is -1.99. The zero-order chi connectivity index (χ0) is 13.3. The molecule has 0 unspecified atom stereocenters. The first-order chi connectivity index (χ1) is 8.36. The molecule has 0 saturated carbocycles. The van der Waals surface area contributed by atoms with Crippen molar-refractivity contribution in [3.8, 4) is 0 Å². The molecular formula is C8H5F3N4O2S. The summed E-state index contributed by atoms with van der Waals surface area (Å²) in [5, 5.41) is 14.1. The van der Waals surface area contributed by atoms with Crippen molar-refractivity contribution in [2.45, 2.75) is 12.7 Å². The highest BCUT2D eigenvalue weighted by molar-refractivity contribution is 7.05. The molecule has 0 amide bonds. The normalized spacial score (nSPS) is 11.7. The van der Waals surface area contributed by atoms with Gasteiger partial charge in [0, 0.05) is 0 Å². The molecule has 0 aliphatic rings. The first-order valence-corrected chi connectivity index (χ1v) is 5.33. The zero-order valence-electron chi connectivity index (χ0n) is 8.59. The second kappa shape index (κ2) is 4.37. The Morgan fingerprint density at radius 2 is 2.22 bits per heavy atom. The predicted octanol–water partition coefficient (Wildman–Crippen LogP) is 2.31. The van der Waals surface area contributed by atoms with Gasteiger partial charge in [0.1, 0.15) is 17.3 Å². The minimum Gasteiger partial charge on any atom is -0.260 e. The van der Waals surface area contributed by atoms with Gasteiger partial charge in [0.2, 0.25) is 0 Å². The number of nitrogens with zero attached hydrogens (tertiary/aromatic N) is 4. The molecule has 0 saturated heterocycles. The molecule has 0 aliphatic carbocycles. The van der Waals surface area contributed by atoms with Gasteiger partial charge in [-0.05, 0) is 17.6 Å². The third kappa shape index (κ3) is 2.64. The summed E-state index contributed by atoms with van der Waals surface area (Å²) in [5.74, 6) is 0. The predicted molar refractivity (Wildman–Crippen MR) is 55.1 cm³/mol. The lowest BCUT2D eigenvalue weighted by molar-refractivity contribution is -0.385. The number of hydrogen-bond acceptors (Lipinski definition) is 5. The van der Waals surface area contributed by atoms with E-state index in [2.05, 4.69) is 9.47 Å². The van der Waals surface area contributed by atoms with Gasteiger partial charge in [-0.3, -0.25) is 14.8 Å². The maximum Gasteiger partial charge on any atom is 0.427 e. The summed E-state index contributed by atoms with van der Waals surface area (Å²) in [6.45, 7) is -0.0413. The number of nitro groups is 1. The van der Waals surface area contributed by atoms with Crippen molar-refractivity contribution in [2.24, 2.45) is 0 Å². The Balaban J connectivity index is 2.14. The van der Waals surface area contributed by atoms with E-state index in [1.54, 1.807) is 0 Å². The summed E-state index contributed by atoms with van der Waals surface area (Å²) in [7, 11) is 0. The monoisotopic (exact) mass is 278 g/mol.